The number of carboxylic acid groups (broad SMARTS) is 1. The third kappa shape index (κ3) is 2.16. The zero-order valence-electron chi connectivity index (χ0n) is 11.3. The molecule has 2 saturated carbocycles. The van der Waals surface area contributed by atoms with Crippen molar-refractivity contribution in [2.45, 2.75) is 42.9 Å². The Hall–Kier alpha value is -1.35. The summed E-state index contributed by atoms with van der Waals surface area (Å²) < 4.78 is 5.38. The van der Waals surface area contributed by atoms with Gasteiger partial charge in [0.15, 0.2) is 0 Å². The number of hydrogen-bond donors (Lipinski definition) is 1. The molecule has 1 N–H and O–H groups in total. The molecule has 0 heterocycles. The number of benzene rings is 1. The van der Waals surface area contributed by atoms with Crippen LogP contribution in [0.4, 0.5) is 0 Å². The number of rotatable bonds is 6. The summed E-state index contributed by atoms with van der Waals surface area (Å²) in [5.41, 5.74) is 2.63. The smallest absolute Gasteiger partial charge is 0.304 e. The Labute approximate surface area is 113 Å². The van der Waals surface area contributed by atoms with E-state index in [9.17, 15) is 4.79 Å². The Morgan fingerprint density at radius 1 is 1.16 bits per heavy atom. The summed E-state index contributed by atoms with van der Waals surface area (Å²) in [6.45, 7) is 0.743. The van der Waals surface area contributed by atoms with Crippen LogP contribution < -0.4 is 0 Å². The molecule has 1 aromatic carbocycles. The number of hydrogen-bond acceptors (Lipinski definition) is 2. The van der Waals surface area contributed by atoms with Gasteiger partial charge in [0.1, 0.15) is 0 Å². The Morgan fingerprint density at radius 2 is 1.68 bits per heavy atom. The van der Waals surface area contributed by atoms with Gasteiger partial charge < -0.3 is 9.84 Å². The van der Waals surface area contributed by atoms with Crippen molar-refractivity contribution >= 4 is 5.97 Å². The largest absolute Gasteiger partial charge is 0.481 e. The van der Waals surface area contributed by atoms with Gasteiger partial charge in [-0.25, -0.2) is 0 Å². The van der Waals surface area contributed by atoms with E-state index in [4.69, 9.17) is 9.84 Å². The maximum Gasteiger partial charge on any atom is 0.304 e. The topological polar surface area (TPSA) is 46.5 Å². The predicted molar refractivity (Wildman–Crippen MR) is 72.4 cm³/mol. The van der Waals surface area contributed by atoms with Crippen LogP contribution >= 0.6 is 0 Å². The fourth-order valence-electron chi connectivity index (χ4n) is 3.31. The summed E-state index contributed by atoms with van der Waals surface area (Å²) in [5.74, 6) is -0.691. The Balaban J connectivity index is 1.97. The molecule has 0 unspecified atom stereocenters. The Kier molecular flexibility index (Phi) is 2.90. The molecule has 0 aliphatic heterocycles. The molecular weight excluding hydrogens is 240 g/mol. The number of aliphatic carboxylic acids is 1. The second-order valence-corrected chi connectivity index (χ2v) is 6.11. The maximum absolute atomic E-state index is 11.1. The van der Waals surface area contributed by atoms with E-state index in [1.165, 1.54) is 11.1 Å². The van der Waals surface area contributed by atoms with E-state index in [0.29, 0.717) is 0 Å². The van der Waals surface area contributed by atoms with Gasteiger partial charge in [-0.3, -0.25) is 4.79 Å². The molecular formula is C16H20O3. The van der Waals surface area contributed by atoms with Crippen LogP contribution in [0.2, 0.25) is 0 Å². The van der Waals surface area contributed by atoms with E-state index in [1.807, 2.05) is 6.07 Å². The first kappa shape index (κ1) is 12.7. The van der Waals surface area contributed by atoms with E-state index < -0.39 is 5.97 Å². The molecule has 0 saturated heterocycles. The van der Waals surface area contributed by atoms with Crippen molar-refractivity contribution in [3.8, 4) is 0 Å². The highest BCUT2D eigenvalue weighted by molar-refractivity contribution is 5.70. The first-order valence-electron chi connectivity index (χ1n) is 6.93. The normalized spacial score (nSPS) is 21.9. The molecule has 19 heavy (non-hydrogen) atoms. The zero-order valence-corrected chi connectivity index (χ0v) is 11.3. The van der Waals surface area contributed by atoms with Gasteiger partial charge in [0.05, 0.1) is 13.0 Å². The minimum Gasteiger partial charge on any atom is -0.481 e. The highest BCUT2D eigenvalue weighted by atomic mass is 16.5. The van der Waals surface area contributed by atoms with Crippen molar-refractivity contribution in [3.63, 3.8) is 0 Å². The molecule has 3 nitrogen and oxygen atoms in total. The van der Waals surface area contributed by atoms with Gasteiger partial charge in [0.25, 0.3) is 0 Å². The van der Waals surface area contributed by atoms with Crippen molar-refractivity contribution in [1.29, 1.82) is 0 Å². The van der Waals surface area contributed by atoms with Crippen LogP contribution in [-0.2, 0) is 20.4 Å². The first-order chi connectivity index (χ1) is 9.12. The molecule has 0 radical (unpaired) electrons. The fraction of sp³-hybridized carbons (Fsp3) is 0.562. The third-order valence-corrected chi connectivity index (χ3v) is 4.69. The Morgan fingerprint density at radius 3 is 2.11 bits per heavy atom. The van der Waals surface area contributed by atoms with Gasteiger partial charge in [-0.1, -0.05) is 24.3 Å². The lowest BCUT2D eigenvalue weighted by molar-refractivity contribution is -0.137. The number of carboxylic acids is 1. The maximum atomic E-state index is 11.1. The van der Waals surface area contributed by atoms with Gasteiger partial charge >= 0.3 is 5.97 Å². The minimum absolute atomic E-state index is 0.105. The first-order valence-corrected chi connectivity index (χ1v) is 6.93. The van der Waals surface area contributed by atoms with Gasteiger partial charge in [-0.05, 0) is 36.8 Å². The van der Waals surface area contributed by atoms with E-state index in [1.54, 1.807) is 7.11 Å². The molecule has 2 aliphatic carbocycles. The number of methoxy groups -OCH3 is 1. The van der Waals surface area contributed by atoms with Gasteiger partial charge in [-0.2, -0.15) is 0 Å². The Bertz CT molecular complexity index is 498. The summed E-state index contributed by atoms with van der Waals surface area (Å²) >= 11 is 0. The van der Waals surface area contributed by atoms with Crippen LogP contribution in [0.1, 0.15) is 43.2 Å². The molecule has 2 aliphatic rings. The predicted octanol–water partition coefficient (Wildman–Crippen LogP) is 2.87. The van der Waals surface area contributed by atoms with Crippen molar-refractivity contribution in [2.24, 2.45) is 0 Å². The summed E-state index contributed by atoms with van der Waals surface area (Å²) in [7, 11) is 1.74. The van der Waals surface area contributed by atoms with E-state index in [-0.39, 0.29) is 17.3 Å². The monoisotopic (exact) mass is 260 g/mol. The summed E-state index contributed by atoms with van der Waals surface area (Å²) in [6.07, 6.45) is 4.56. The van der Waals surface area contributed by atoms with Crippen molar-refractivity contribution in [3.05, 3.63) is 35.4 Å². The molecule has 2 fully saturated rings. The van der Waals surface area contributed by atoms with Crippen LogP contribution in [0.15, 0.2) is 24.3 Å². The van der Waals surface area contributed by atoms with E-state index in [2.05, 4.69) is 18.2 Å². The van der Waals surface area contributed by atoms with Crippen molar-refractivity contribution in [2.75, 3.05) is 13.7 Å². The SMILES string of the molecule is COCC1(c2ccccc2C2(CC(=O)O)CC2)CC1. The molecule has 0 atom stereocenters. The molecule has 0 spiro atoms. The van der Waals surface area contributed by atoms with Crippen molar-refractivity contribution < 1.29 is 14.6 Å². The van der Waals surface area contributed by atoms with Gasteiger partial charge in [-0.15, -0.1) is 0 Å². The minimum atomic E-state index is -0.691. The molecule has 3 rings (SSSR count). The van der Waals surface area contributed by atoms with Crippen LogP contribution in [0.25, 0.3) is 0 Å². The molecule has 0 aromatic heterocycles. The molecule has 3 heteroatoms. The lowest BCUT2D eigenvalue weighted by atomic mass is 9.82. The highest BCUT2D eigenvalue weighted by Gasteiger charge is 2.52. The average molecular weight is 260 g/mol. The summed E-state index contributed by atoms with van der Waals surface area (Å²) in [4.78, 5) is 11.1. The fourth-order valence-corrected chi connectivity index (χ4v) is 3.31. The second-order valence-electron chi connectivity index (χ2n) is 6.11. The van der Waals surface area contributed by atoms with Crippen LogP contribution in [-0.4, -0.2) is 24.8 Å². The average Bonchev–Trinajstić information content (AvgIpc) is 3.27. The standard InChI is InChI=1S/C16H20O3/c1-19-11-16(8-9-16)13-5-3-2-4-12(13)15(6-7-15)10-14(17)18/h2-5H,6-11H2,1H3,(H,17,18). The third-order valence-electron chi connectivity index (χ3n) is 4.69. The molecule has 0 bridgehead atoms. The van der Waals surface area contributed by atoms with Crippen molar-refractivity contribution in [1.82, 2.24) is 0 Å². The van der Waals surface area contributed by atoms with Gasteiger partial charge in [0, 0.05) is 17.9 Å². The quantitative estimate of drug-likeness (QED) is 0.855. The van der Waals surface area contributed by atoms with E-state index in [0.717, 1.165) is 32.3 Å². The van der Waals surface area contributed by atoms with Crippen LogP contribution in [0, 0.1) is 0 Å². The second kappa shape index (κ2) is 4.34. The molecule has 102 valence electrons. The lowest BCUT2D eigenvalue weighted by Gasteiger charge is -2.23. The zero-order chi connectivity index (χ0) is 13.5. The molecule has 0 amide bonds. The van der Waals surface area contributed by atoms with Crippen LogP contribution in [0.3, 0.4) is 0 Å². The van der Waals surface area contributed by atoms with Crippen LogP contribution in [0.5, 0.6) is 0 Å². The van der Waals surface area contributed by atoms with E-state index >= 15 is 0 Å². The highest BCUT2D eigenvalue weighted by Crippen LogP contribution is 2.57. The molecule has 1 aromatic rings. The van der Waals surface area contributed by atoms with Gasteiger partial charge in [0.2, 0.25) is 0 Å². The number of ether oxygens (including phenoxy) is 1. The lowest BCUT2D eigenvalue weighted by Crippen LogP contribution is -2.22. The number of carbonyl (C=O) groups is 1. The summed E-state index contributed by atoms with van der Waals surface area (Å²) in [5, 5.41) is 9.14. The summed E-state index contributed by atoms with van der Waals surface area (Å²) in [6, 6.07) is 8.39.